The first kappa shape index (κ1) is 17.2. The maximum Gasteiger partial charge on any atom is 0.341 e. The van der Waals surface area contributed by atoms with Crippen molar-refractivity contribution < 1.29 is 18.8 Å². The molecule has 1 amide bonds. The molecule has 0 spiro atoms. The Morgan fingerprint density at radius 2 is 1.96 bits per heavy atom. The van der Waals surface area contributed by atoms with Gasteiger partial charge < -0.3 is 14.6 Å². The number of aromatic nitrogens is 1. The van der Waals surface area contributed by atoms with Crippen molar-refractivity contribution in [1.82, 2.24) is 5.16 Å². The van der Waals surface area contributed by atoms with Crippen LogP contribution in [0.2, 0.25) is 0 Å². The number of hydrogen-bond acceptors (Lipinski definition) is 6. The van der Waals surface area contributed by atoms with E-state index < -0.39 is 5.97 Å². The number of hydrogen-bond donors (Lipinski definition) is 1. The molecule has 2 aromatic heterocycles. The van der Waals surface area contributed by atoms with Crippen LogP contribution in [-0.2, 0) is 16.0 Å². The molecule has 6 nitrogen and oxygen atoms in total. The van der Waals surface area contributed by atoms with Gasteiger partial charge in [0.25, 0.3) is 0 Å². The molecule has 0 radical (unpaired) electrons. The number of carbonyl (C=O) groups is 2. The van der Waals surface area contributed by atoms with Gasteiger partial charge in [-0.25, -0.2) is 4.79 Å². The molecule has 0 saturated heterocycles. The first-order valence-corrected chi connectivity index (χ1v) is 8.06. The fraction of sp³-hybridized carbons (Fsp3) is 0.438. The summed E-state index contributed by atoms with van der Waals surface area (Å²) in [5.41, 5.74) is 3.02. The molecule has 2 rings (SSSR count). The number of nitrogens with one attached hydrogen (secondary N) is 1. The second-order valence-electron chi connectivity index (χ2n) is 5.33. The van der Waals surface area contributed by atoms with Crippen molar-refractivity contribution in [2.75, 3.05) is 12.4 Å². The smallest absolute Gasteiger partial charge is 0.341 e. The van der Waals surface area contributed by atoms with E-state index in [0.717, 1.165) is 27.5 Å². The third kappa shape index (κ3) is 3.61. The monoisotopic (exact) mass is 336 g/mol. The lowest BCUT2D eigenvalue weighted by molar-refractivity contribution is -0.116. The van der Waals surface area contributed by atoms with Crippen LogP contribution in [0, 0.1) is 27.7 Å². The van der Waals surface area contributed by atoms with Crippen molar-refractivity contribution >= 4 is 28.2 Å². The lowest BCUT2D eigenvalue weighted by atomic mass is 10.1. The maximum absolute atomic E-state index is 12.2. The normalized spacial score (nSPS) is 10.7. The van der Waals surface area contributed by atoms with Crippen molar-refractivity contribution in [1.29, 1.82) is 0 Å². The minimum atomic E-state index is -0.437. The summed E-state index contributed by atoms with van der Waals surface area (Å²) in [5, 5.41) is 7.23. The number of thiophene rings is 1. The van der Waals surface area contributed by atoms with E-state index in [-0.39, 0.29) is 5.91 Å². The first-order chi connectivity index (χ1) is 10.8. The van der Waals surface area contributed by atoms with Gasteiger partial charge in [-0.3, -0.25) is 4.79 Å². The third-order valence-electron chi connectivity index (χ3n) is 3.81. The summed E-state index contributed by atoms with van der Waals surface area (Å²) >= 11 is 1.38. The highest BCUT2D eigenvalue weighted by Gasteiger charge is 2.21. The van der Waals surface area contributed by atoms with Gasteiger partial charge in [0.2, 0.25) is 5.91 Å². The Kier molecular flexibility index (Phi) is 5.20. The van der Waals surface area contributed by atoms with E-state index in [0.29, 0.717) is 23.4 Å². The summed E-state index contributed by atoms with van der Waals surface area (Å²) in [5.74, 6) is 0.137. The highest BCUT2D eigenvalue weighted by molar-refractivity contribution is 7.16. The molecule has 7 heteroatoms. The van der Waals surface area contributed by atoms with Crippen molar-refractivity contribution in [2.24, 2.45) is 0 Å². The minimum Gasteiger partial charge on any atom is -0.465 e. The SMILES string of the molecule is COC(=O)c1c(NC(=O)CCc2c(C)noc2C)sc(C)c1C. The first-order valence-electron chi connectivity index (χ1n) is 7.25. The van der Waals surface area contributed by atoms with E-state index >= 15 is 0 Å². The topological polar surface area (TPSA) is 81.4 Å². The predicted molar refractivity (Wildman–Crippen MR) is 88.1 cm³/mol. The van der Waals surface area contributed by atoms with E-state index in [4.69, 9.17) is 9.26 Å². The number of ether oxygens (including phenoxy) is 1. The van der Waals surface area contributed by atoms with Gasteiger partial charge in [0.1, 0.15) is 10.8 Å². The Bertz CT molecular complexity index is 726. The Morgan fingerprint density at radius 3 is 2.52 bits per heavy atom. The van der Waals surface area contributed by atoms with Crippen LogP contribution in [0.4, 0.5) is 5.00 Å². The van der Waals surface area contributed by atoms with Crippen LogP contribution < -0.4 is 5.32 Å². The fourth-order valence-electron chi connectivity index (χ4n) is 2.35. The molecule has 0 aliphatic heterocycles. The van der Waals surface area contributed by atoms with Gasteiger partial charge in [-0.1, -0.05) is 5.16 Å². The number of nitrogens with zero attached hydrogens (tertiary/aromatic N) is 1. The van der Waals surface area contributed by atoms with Gasteiger partial charge in [0.05, 0.1) is 18.4 Å². The standard InChI is InChI=1S/C16H20N2O4S/c1-8-11(4)23-15(14(8)16(20)21-5)17-13(19)7-6-12-9(2)18-22-10(12)3/h6-7H2,1-5H3,(H,17,19). The van der Waals surface area contributed by atoms with E-state index in [2.05, 4.69) is 10.5 Å². The zero-order valence-corrected chi connectivity index (χ0v) is 14.7. The Balaban J connectivity index is 2.09. The number of amides is 1. The number of esters is 1. The van der Waals surface area contributed by atoms with Crippen LogP contribution in [0.5, 0.6) is 0 Å². The summed E-state index contributed by atoms with van der Waals surface area (Å²) in [6.07, 6.45) is 0.837. The molecule has 0 aliphatic carbocycles. The van der Waals surface area contributed by atoms with Crippen molar-refractivity contribution in [3.05, 3.63) is 33.0 Å². The molecule has 2 heterocycles. The maximum atomic E-state index is 12.2. The molecule has 2 aromatic rings. The summed E-state index contributed by atoms with van der Waals surface area (Å²) in [6, 6.07) is 0. The molecule has 0 saturated carbocycles. The summed E-state index contributed by atoms with van der Waals surface area (Å²) in [7, 11) is 1.33. The second kappa shape index (κ2) is 6.95. The minimum absolute atomic E-state index is 0.156. The molecule has 0 aromatic carbocycles. The van der Waals surface area contributed by atoms with E-state index in [9.17, 15) is 9.59 Å². The summed E-state index contributed by atoms with van der Waals surface area (Å²) < 4.78 is 9.89. The Labute approximate surface area is 138 Å². The van der Waals surface area contributed by atoms with Gasteiger partial charge >= 0.3 is 5.97 Å². The van der Waals surface area contributed by atoms with E-state index in [1.165, 1.54) is 18.4 Å². The Morgan fingerprint density at radius 1 is 1.26 bits per heavy atom. The molecule has 1 N–H and O–H groups in total. The molecule has 0 unspecified atom stereocenters. The molecule has 0 aliphatic rings. The predicted octanol–water partition coefficient (Wildman–Crippen LogP) is 3.33. The summed E-state index contributed by atoms with van der Waals surface area (Å²) in [4.78, 5) is 25.1. The quantitative estimate of drug-likeness (QED) is 0.847. The van der Waals surface area contributed by atoms with Crippen molar-refractivity contribution in [3.8, 4) is 0 Å². The van der Waals surface area contributed by atoms with Gasteiger partial charge in [-0.15, -0.1) is 11.3 Å². The van der Waals surface area contributed by atoms with Crippen molar-refractivity contribution in [2.45, 2.75) is 40.5 Å². The molecule has 23 heavy (non-hydrogen) atoms. The van der Waals surface area contributed by atoms with Crippen LogP contribution in [0.1, 0.15) is 44.2 Å². The van der Waals surface area contributed by atoms with Crippen LogP contribution >= 0.6 is 11.3 Å². The molecule has 124 valence electrons. The average Bonchev–Trinajstić information content (AvgIpc) is 2.96. The van der Waals surface area contributed by atoms with Crippen molar-refractivity contribution in [3.63, 3.8) is 0 Å². The lowest BCUT2D eigenvalue weighted by Crippen LogP contribution is -2.14. The van der Waals surface area contributed by atoms with Gasteiger partial charge in [-0.05, 0) is 39.7 Å². The average molecular weight is 336 g/mol. The molecular formula is C16H20N2O4S. The highest BCUT2D eigenvalue weighted by Crippen LogP contribution is 2.33. The lowest BCUT2D eigenvalue weighted by Gasteiger charge is -2.06. The van der Waals surface area contributed by atoms with Gasteiger partial charge in [-0.2, -0.15) is 0 Å². The van der Waals surface area contributed by atoms with E-state index in [1.54, 1.807) is 0 Å². The zero-order valence-electron chi connectivity index (χ0n) is 13.9. The number of aryl methyl sites for hydroxylation is 3. The molecule has 0 atom stereocenters. The van der Waals surface area contributed by atoms with E-state index in [1.807, 2.05) is 27.7 Å². The molecule has 0 fully saturated rings. The highest BCUT2D eigenvalue weighted by atomic mass is 32.1. The molecule has 0 bridgehead atoms. The number of anilines is 1. The largest absolute Gasteiger partial charge is 0.465 e. The Hall–Kier alpha value is -2.15. The third-order valence-corrected chi connectivity index (χ3v) is 4.93. The fourth-order valence-corrected chi connectivity index (χ4v) is 3.41. The van der Waals surface area contributed by atoms with Crippen LogP contribution in [0.15, 0.2) is 4.52 Å². The summed E-state index contributed by atoms with van der Waals surface area (Å²) in [6.45, 7) is 7.43. The number of carbonyl (C=O) groups excluding carboxylic acids is 2. The van der Waals surface area contributed by atoms with Crippen LogP contribution in [0.3, 0.4) is 0 Å². The van der Waals surface area contributed by atoms with Crippen LogP contribution in [-0.4, -0.2) is 24.1 Å². The molecular weight excluding hydrogens is 316 g/mol. The van der Waals surface area contributed by atoms with Crippen LogP contribution in [0.25, 0.3) is 0 Å². The second-order valence-corrected chi connectivity index (χ2v) is 6.55. The number of methoxy groups -OCH3 is 1. The van der Waals surface area contributed by atoms with Gasteiger partial charge in [0, 0.05) is 16.9 Å². The number of rotatable bonds is 5. The zero-order chi connectivity index (χ0) is 17.1. The van der Waals surface area contributed by atoms with Gasteiger partial charge in [0.15, 0.2) is 0 Å².